The van der Waals surface area contributed by atoms with Crippen LogP contribution in [0.1, 0.15) is 29.8 Å². The number of benzene rings is 1. The molecule has 0 aliphatic rings. The van der Waals surface area contributed by atoms with E-state index in [1.54, 1.807) is 0 Å². The monoisotopic (exact) mass is 464 g/mol. The highest BCUT2D eigenvalue weighted by atomic mass is 127. The van der Waals surface area contributed by atoms with Gasteiger partial charge in [-0.2, -0.15) is 0 Å². The molecule has 1 aromatic heterocycles. The van der Waals surface area contributed by atoms with Gasteiger partial charge in [-0.15, -0.1) is 24.0 Å². The number of aryl methyl sites for hydroxylation is 2. The fourth-order valence-electron chi connectivity index (χ4n) is 2.18. The Kier molecular flexibility index (Phi) is 8.81. The molecule has 1 heterocycles. The van der Waals surface area contributed by atoms with Crippen molar-refractivity contribution in [3.8, 4) is 0 Å². The standard InChI is InChI=1S/C17H22F2N4O.HI/c1-4-20-17(22-10-16-23-11(2)12(3)24-16)21-6-5-13-7-14(18)9-15(19)8-13;/h7-9H,4-6,10H2,1-3H3,(H2,20,21,22);1H. The summed E-state index contributed by atoms with van der Waals surface area (Å²) < 4.78 is 31.8. The van der Waals surface area contributed by atoms with Gasteiger partial charge in [-0.3, -0.25) is 0 Å². The summed E-state index contributed by atoms with van der Waals surface area (Å²) in [4.78, 5) is 8.67. The molecule has 138 valence electrons. The lowest BCUT2D eigenvalue weighted by atomic mass is 10.1. The van der Waals surface area contributed by atoms with Crippen LogP contribution >= 0.6 is 24.0 Å². The Bertz CT molecular complexity index is 679. The number of halogens is 3. The van der Waals surface area contributed by atoms with Crippen molar-refractivity contribution < 1.29 is 13.2 Å². The van der Waals surface area contributed by atoms with Crippen LogP contribution in [-0.4, -0.2) is 24.0 Å². The van der Waals surface area contributed by atoms with Crippen LogP contribution in [0.3, 0.4) is 0 Å². The smallest absolute Gasteiger partial charge is 0.216 e. The molecule has 2 rings (SSSR count). The number of nitrogens with zero attached hydrogens (tertiary/aromatic N) is 2. The Morgan fingerprint density at radius 3 is 2.40 bits per heavy atom. The van der Waals surface area contributed by atoms with Crippen LogP contribution in [0.4, 0.5) is 8.78 Å². The summed E-state index contributed by atoms with van der Waals surface area (Å²) in [7, 11) is 0. The van der Waals surface area contributed by atoms with Gasteiger partial charge in [-0.1, -0.05) is 0 Å². The Balaban J connectivity index is 0.00000312. The lowest BCUT2D eigenvalue weighted by molar-refractivity contribution is 0.473. The summed E-state index contributed by atoms with van der Waals surface area (Å²) in [5.74, 6) is 0.795. The van der Waals surface area contributed by atoms with E-state index in [9.17, 15) is 8.78 Å². The van der Waals surface area contributed by atoms with Gasteiger partial charge >= 0.3 is 0 Å². The Labute approximate surface area is 163 Å². The molecule has 2 aromatic rings. The van der Waals surface area contributed by atoms with E-state index in [-0.39, 0.29) is 24.0 Å². The Hall–Kier alpha value is -1.71. The molecular formula is C17H23F2IN4O. The first-order valence-electron chi connectivity index (χ1n) is 7.88. The summed E-state index contributed by atoms with van der Waals surface area (Å²) in [6.45, 7) is 7.21. The van der Waals surface area contributed by atoms with E-state index >= 15 is 0 Å². The highest BCUT2D eigenvalue weighted by Crippen LogP contribution is 2.09. The number of hydrogen-bond donors (Lipinski definition) is 2. The number of aromatic nitrogens is 1. The molecular weight excluding hydrogens is 441 g/mol. The van der Waals surface area contributed by atoms with Crippen LogP contribution in [0, 0.1) is 25.5 Å². The number of nitrogens with one attached hydrogen (secondary N) is 2. The average molecular weight is 464 g/mol. The molecule has 0 atom stereocenters. The normalized spacial score (nSPS) is 11.2. The fourth-order valence-corrected chi connectivity index (χ4v) is 2.18. The van der Waals surface area contributed by atoms with E-state index in [1.165, 1.54) is 12.1 Å². The van der Waals surface area contributed by atoms with Gasteiger partial charge in [-0.25, -0.2) is 18.8 Å². The highest BCUT2D eigenvalue weighted by molar-refractivity contribution is 14.0. The first-order chi connectivity index (χ1) is 11.5. The molecule has 5 nitrogen and oxygen atoms in total. The van der Waals surface area contributed by atoms with Crippen molar-refractivity contribution in [1.29, 1.82) is 0 Å². The van der Waals surface area contributed by atoms with E-state index in [0.717, 1.165) is 17.5 Å². The maximum atomic E-state index is 13.2. The van der Waals surface area contributed by atoms with Crippen LogP contribution in [-0.2, 0) is 13.0 Å². The van der Waals surface area contributed by atoms with Gasteiger partial charge in [-0.05, 0) is 44.9 Å². The van der Waals surface area contributed by atoms with Crippen LogP contribution in [0.25, 0.3) is 0 Å². The van der Waals surface area contributed by atoms with Crippen LogP contribution < -0.4 is 10.6 Å². The predicted molar refractivity (Wildman–Crippen MR) is 104 cm³/mol. The second-order valence-electron chi connectivity index (χ2n) is 5.40. The maximum Gasteiger partial charge on any atom is 0.216 e. The fraction of sp³-hybridized carbons (Fsp3) is 0.412. The molecule has 8 heteroatoms. The van der Waals surface area contributed by atoms with Gasteiger partial charge in [0.1, 0.15) is 23.9 Å². The minimum Gasteiger partial charge on any atom is -0.444 e. The van der Waals surface area contributed by atoms with Crippen molar-refractivity contribution in [2.24, 2.45) is 4.99 Å². The molecule has 0 aliphatic carbocycles. The third kappa shape index (κ3) is 6.97. The molecule has 0 radical (unpaired) electrons. The molecule has 0 fully saturated rings. The molecule has 0 bridgehead atoms. The zero-order valence-electron chi connectivity index (χ0n) is 14.5. The SMILES string of the molecule is CCNC(=NCc1nc(C)c(C)o1)NCCc1cc(F)cc(F)c1.I. The molecule has 2 N–H and O–H groups in total. The van der Waals surface area contributed by atoms with Gasteiger partial charge in [0, 0.05) is 19.2 Å². The predicted octanol–water partition coefficient (Wildman–Crippen LogP) is 3.49. The Morgan fingerprint density at radius 2 is 1.84 bits per heavy atom. The summed E-state index contributed by atoms with van der Waals surface area (Å²) in [5.41, 5.74) is 1.45. The summed E-state index contributed by atoms with van der Waals surface area (Å²) in [6.07, 6.45) is 0.482. The number of guanidine groups is 1. The second kappa shape index (κ2) is 10.3. The summed E-state index contributed by atoms with van der Waals surface area (Å²) >= 11 is 0. The average Bonchev–Trinajstić information content (AvgIpc) is 2.82. The lowest BCUT2D eigenvalue weighted by Gasteiger charge is -2.11. The van der Waals surface area contributed by atoms with Crippen molar-refractivity contribution in [3.05, 3.63) is 52.7 Å². The van der Waals surface area contributed by atoms with E-state index in [0.29, 0.717) is 43.5 Å². The van der Waals surface area contributed by atoms with Crippen molar-refractivity contribution in [3.63, 3.8) is 0 Å². The molecule has 1 aromatic carbocycles. The molecule has 0 saturated heterocycles. The zero-order valence-corrected chi connectivity index (χ0v) is 16.9. The van der Waals surface area contributed by atoms with Crippen molar-refractivity contribution in [1.82, 2.24) is 15.6 Å². The first-order valence-corrected chi connectivity index (χ1v) is 7.88. The molecule has 0 unspecified atom stereocenters. The molecule has 0 saturated carbocycles. The minimum absolute atomic E-state index is 0. The van der Waals surface area contributed by atoms with Crippen molar-refractivity contribution in [2.75, 3.05) is 13.1 Å². The highest BCUT2D eigenvalue weighted by Gasteiger charge is 2.06. The van der Waals surface area contributed by atoms with Gasteiger partial charge < -0.3 is 15.1 Å². The van der Waals surface area contributed by atoms with Gasteiger partial charge in [0.15, 0.2) is 5.96 Å². The minimum atomic E-state index is -0.569. The topological polar surface area (TPSA) is 62.5 Å². The maximum absolute atomic E-state index is 13.2. The van der Waals surface area contributed by atoms with E-state index in [1.807, 2.05) is 20.8 Å². The number of rotatable bonds is 6. The van der Waals surface area contributed by atoms with Crippen LogP contribution in [0.5, 0.6) is 0 Å². The second-order valence-corrected chi connectivity index (χ2v) is 5.40. The quantitative estimate of drug-likeness (QED) is 0.391. The largest absolute Gasteiger partial charge is 0.444 e. The molecule has 0 spiro atoms. The van der Waals surface area contributed by atoms with E-state index in [4.69, 9.17) is 4.42 Å². The number of oxazole rings is 1. The van der Waals surface area contributed by atoms with Gasteiger partial charge in [0.25, 0.3) is 0 Å². The third-order valence-corrected chi connectivity index (χ3v) is 3.42. The molecule has 0 amide bonds. The molecule has 25 heavy (non-hydrogen) atoms. The van der Waals surface area contributed by atoms with Gasteiger partial charge in [0.2, 0.25) is 5.89 Å². The Morgan fingerprint density at radius 1 is 1.16 bits per heavy atom. The zero-order chi connectivity index (χ0) is 17.5. The van der Waals surface area contributed by atoms with Crippen LogP contribution in [0.15, 0.2) is 27.6 Å². The van der Waals surface area contributed by atoms with Crippen molar-refractivity contribution >= 4 is 29.9 Å². The summed E-state index contributed by atoms with van der Waals surface area (Å²) in [5, 5.41) is 6.23. The molecule has 0 aliphatic heterocycles. The number of hydrogen-bond acceptors (Lipinski definition) is 3. The third-order valence-electron chi connectivity index (χ3n) is 3.42. The van der Waals surface area contributed by atoms with Crippen LogP contribution in [0.2, 0.25) is 0 Å². The van der Waals surface area contributed by atoms with E-state index < -0.39 is 11.6 Å². The lowest BCUT2D eigenvalue weighted by Crippen LogP contribution is -2.38. The summed E-state index contributed by atoms with van der Waals surface area (Å²) in [6, 6.07) is 3.52. The van der Waals surface area contributed by atoms with E-state index in [2.05, 4.69) is 20.6 Å². The number of aliphatic imine (C=N–C) groups is 1. The van der Waals surface area contributed by atoms with Gasteiger partial charge in [0.05, 0.1) is 5.69 Å². The first kappa shape index (κ1) is 21.3. The van der Waals surface area contributed by atoms with Crippen molar-refractivity contribution in [2.45, 2.75) is 33.7 Å².